The van der Waals surface area contributed by atoms with Gasteiger partial charge in [-0.2, -0.15) is 0 Å². The average molecular weight is 582 g/mol. The quantitative estimate of drug-likeness (QED) is 0.256. The summed E-state index contributed by atoms with van der Waals surface area (Å²) in [6, 6.07) is 14.3. The first kappa shape index (κ1) is 29.7. The number of ether oxygens (including phenoxy) is 1. The summed E-state index contributed by atoms with van der Waals surface area (Å²) >= 11 is 12.1. The lowest BCUT2D eigenvalue weighted by Gasteiger charge is -2.17. The predicted molar refractivity (Wildman–Crippen MR) is 137 cm³/mol. The second-order valence-electron chi connectivity index (χ2n) is 8.30. The number of amides is 1. The Morgan fingerprint density at radius 2 is 1.41 bits per heavy atom. The number of hydrogen-bond donors (Lipinski definition) is 2. The molecule has 0 radical (unpaired) electrons. The van der Waals surface area contributed by atoms with Gasteiger partial charge >= 0.3 is 12.3 Å². The second kappa shape index (κ2) is 12.8. The largest absolute Gasteiger partial charge is 0.573 e. The molecular weight excluding hydrogens is 562 g/mol. The van der Waals surface area contributed by atoms with E-state index >= 15 is 0 Å². The summed E-state index contributed by atoms with van der Waals surface area (Å²) in [5.41, 5.74) is 0.770. The molecule has 0 aliphatic heterocycles. The van der Waals surface area contributed by atoms with Gasteiger partial charge in [0.1, 0.15) is 5.75 Å². The first-order valence-electron chi connectivity index (χ1n) is 11.3. The van der Waals surface area contributed by atoms with Gasteiger partial charge in [0.15, 0.2) is 11.6 Å². The summed E-state index contributed by atoms with van der Waals surface area (Å²) in [5.74, 6) is -4.18. The van der Waals surface area contributed by atoms with E-state index in [9.17, 15) is 32.3 Å². The lowest BCUT2D eigenvalue weighted by Crippen LogP contribution is -2.26. The van der Waals surface area contributed by atoms with Gasteiger partial charge in [0.25, 0.3) is 5.91 Å². The number of halogens is 5. The van der Waals surface area contributed by atoms with Gasteiger partial charge in [0.05, 0.1) is 12.3 Å². The summed E-state index contributed by atoms with van der Waals surface area (Å²) in [7, 11) is 0. The highest BCUT2D eigenvalue weighted by atomic mass is 35.5. The number of benzene rings is 3. The number of hydrogen-bond acceptors (Lipinski definition) is 5. The van der Waals surface area contributed by atoms with Crippen LogP contribution in [0.25, 0.3) is 0 Å². The fourth-order valence-corrected chi connectivity index (χ4v) is 4.18. The maximum Gasteiger partial charge on any atom is 0.573 e. The minimum absolute atomic E-state index is 0.0564. The van der Waals surface area contributed by atoms with Crippen LogP contribution in [-0.4, -0.2) is 41.5 Å². The molecule has 1 unspecified atom stereocenters. The molecule has 0 saturated heterocycles. The maximum atomic E-state index is 13.5. The molecule has 0 spiro atoms. The van der Waals surface area contributed by atoms with E-state index in [1.807, 2.05) is 0 Å². The van der Waals surface area contributed by atoms with Gasteiger partial charge in [-0.15, -0.1) is 13.2 Å². The van der Waals surface area contributed by atoms with Crippen molar-refractivity contribution in [1.82, 2.24) is 5.32 Å². The number of ketones is 2. The second-order valence-corrected chi connectivity index (χ2v) is 9.17. The molecule has 0 fully saturated rings. The number of aliphatic carboxylic acids is 1. The van der Waals surface area contributed by atoms with Crippen LogP contribution in [0.15, 0.2) is 66.7 Å². The Hall–Kier alpha value is -3.89. The van der Waals surface area contributed by atoms with Crippen molar-refractivity contribution in [3.63, 3.8) is 0 Å². The monoisotopic (exact) mass is 581 g/mol. The van der Waals surface area contributed by atoms with Gasteiger partial charge in [-0.25, -0.2) is 0 Å². The third kappa shape index (κ3) is 8.83. The van der Waals surface area contributed by atoms with Crippen molar-refractivity contribution < 1.29 is 42.2 Å². The fraction of sp³-hybridized carbons (Fsp3) is 0.185. The maximum absolute atomic E-state index is 13.5. The van der Waals surface area contributed by atoms with Crippen LogP contribution in [0.5, 0.6) is 5.75 Å². The Bertz CT molecular complexity index is 1360. The average Bonchev–Trinajstić information content (AvgIpc) is 2.85. The van der Waals surface area contributed by atoms with Crippen molar-refractivity contribution >= 4 is 46.6 Å². The number of carboxylic acids is 1. The topological polar surface area (TPSA) is 110 Å². The molecule has 204 valence electrons. The van der Waals surface area contributed by atoms with E-state index in [0.717, 1.165) is 24.3 Å². The SMILES string of the molecule is O=C(O)CCNC(=O)c1ccc(C(CC(=O)c2ccc(OC(F)(F)F)cc2)C(=O)c2cc(Cl)cc(Cl)c2)cc1. The van der Waals surface area contributed by atoms with Crippen LogP contribution in [0.4, 0.5) is 13.2 Å². The van der Waals surface area contributed by atoms with Crippen molar-refractivity contribution in [2.45, 2.75) is 25.1 Å². The molecule has 7 nitrogen and oxygen atoms in total. The van der Waals surface area contributed by atoms with Crippen molar-refractivity contribution in [3.05, 3.63) is 99.0 Å². The van der Waals surface area contributed by atoms with E-state index < -0.39 is 41.5 Å². The van der Waals surface area contributed by atoms with Crippen LogP contribution in [0.2, 0.25) is 10.0 Å². The predicted octanol–water partition coefficient (Wildman–Crippen LogP) is 6.34. The Morgan fingerprint density at radius 3 is 1.95 bits per heavy atom. The minimum atomic E-state index is -4.89. The third-order valence-electron chi connectivity index (χ3n) is 5.46. The molecule has 0 heterocycles. The highest BCUT2D eigenvalue weighted by Crippen LogP contribution is 2.30. The van der Waals surface area contributed by atoms with Crippen LogP contribution in [-0.2, 0) is 4.79 Å². The smallest absolute Gasteiger partial charge is 0.481 e. The molecule has 3 aromatic carbocycles. The van der Waals surface area contributed by atoms with Gasteiger partial charge < -0.3 is 15.2 Å². The van der Waals surface area contributed by atoms with Crippen molar-refractivity contribution in [2.75, 3.05) is 6.54 Å². The summed E-state index contributed by atoms with van der Waals surface area (Å²) in [6.07, 6.45) is -5.50. The standard InChI is InChI=1S/C27H20Cl2F3NO6/c28-19-11-18(12-20(29)13-19)25(37)22(14-23(34)16-5-7-21(8-6-16)39-27(30,31)32)15-1-3-17(4-2-15)26(38)33-10-9-24(35)36/h1-8,11-13,22H,9-10,14H2,(H,33,38)(H,35,36). The van der Waals surface area contributed by atoms with E-state index in [1.165, 1.54) is 42.5 Å². The Balaban J connectivity index is 1.87. The highest BCUT2D eigenvalue weighted by Gasteiger charge is 2.31. The first-order chi connectivity index (χ1) is 18.3. The molecule has 1 atom stereocenters. The first-order valence-corrected chi connectivity index (χ1v) is 12.1. The molecule has 0 saturated carbocycles. The third-order valence-corrected chi connectivity index (χ3v) is 5.90. The molecule has 0 bridgehead atoms. The van der Waals surface area contributed by atoms with Gasteiger partial charge in [-0.05, 0) is 60.2 Å². The molecule has 2 N–H and O–H groups in total. The van der Waals surface area contributed by atoms with Crippen LogP contribution in [0, 0.1) is 0 Å². The van der Waals surface area contributed by atoms with Gasteiger partial charge in [0, 0.05) is 39.7 Å². The summed E-state index contributed by atoms with van der Waals surface area (Å²) in [4.78, 5) is 49.5. The van der Waals surface area contributed by atoms with Crippen molar-refractivity contribution in [3.8, 4) is 5.75 Å². The number of alkyl halides is 3. The molecule has 12 heteroatoms. The highest BCUT2D eigenvalue weighted by molar-refractivity contribution is 6.35. The number of rotatable bonds is 11. The van der Waals surface area contributed by atoms with Crippen LogP contribution < -0.4 is 10.1 Å². The number of carbonyl (C=O) groups is 4. The molecule has 3 aromatic rings. The van der Waals surface area contributed by atoms with E-state index in [2.05, 4.69) is 10.1 Å². The molecule has 39 heavy (non-hydrogen) atoms. The summed E-state index contributed by atoms with van der Waals surface area (Å²) in [6.45, 7) is -0.0755. The molecule has 1 amide bonds. The summed E-state index contributed by atoms with van der Waals surface area (Å²) in [5, 5.41) is 11.6. The number of carbonyl (C=O) groups excluding carboxylic acids is 3. The normalized spacial score (nSPS) is 11.9. The molecule has 0 aliphatic rings. The number of carboxylic acid groups (broad SMARTS) is 1. The lowest BCUT2D eigenvalue weighted by molar-refractivity contribution is -0.274. The number of nitrogens with one attached hydrogen (secondary N) is 1. The molecule has 0 aliphatic carbocycles. The van der Waals surface area contributed by atoms with Crippen LogP contribution >= 0.6 is 23.2 Å². The van der Waals surface area contributed by atoms with E-state index in [0.29, 0.717) is 5.56 Å². The Kier molecular flexibility index (Phi) is 9.71. The Labute approximate surface area is 230 Å². The van der Waals surface area contributed by atoms with Gasteiger partial charge in [0.2, 0.25) is 0 Å². The zero-order chi connectivity index (χ0) is 28.7. The Morgan fingerprint density at radius 1 is 0.846 bits per heavy atom. The van der Waals surface area contributed by atoms with Crippen LogP contribution in [0.3, 0.4) is 0 Å². The summed E-state index contributed by atoms with van der Waals surface area (Å²) < 4.78 is 41.2. The van der Waals surface area contributed by atoms with Gasteiger partial charge in [-0.1, -0.05) is 35.3 Å². The molecule has 0 aromatic heterocycles. The molecular formula is C27H20Cl2F3NO6. The van der Waals surface area contributed by atoms with E-state index in [1.54, 1.807) is 0 Å². The van der Waals surface area contributed by atoms with Gasteiger partial charge in [-0.3, -0.25) is 19.2 Å². The number of Topliss-reactive ketones (excluding diaryl/α,β-unsaturated/α-hetero) is 2. The van der Waals surface area contributed by atoms with E-state index in [-0.39, 0.29) is 46.1 Å². The molecule has 3 rings (SSSR count). The van der Waals surface area contributed by atoms with E-state index in [4.69, 9.17) is 28.3 Å². The van der Waals surface area contributed by atoms with Crippen LogP contribution in [0.1, 0.15) is 55.4 Å². The lowest BCUT2D eigenvalue weighted by atomic mass is 9.85. The van der Waals surface area contributed by atoms with Crippen molar-refractivity contribution in [2.24, 2.45) is 0 Å². The zero-order valence-corrected chi connectivity index (χ0v) is 21.4. The zero-order valence-electron chi connectivity index (χ0n) is 19.9. The minimum Gasteiger partial charge on any atom is -0.481 e. The van der Waals surface area contributed by atoms with Crippen molar-refractivity contribution in [1.29, 1.82) is 0 Å². The fourth-order valence-electron chi connectivity index (χ4n) is 3.66.